The SMILES string of the molecule is O=C(O)c1cc([NH+]([O-])O)cc([NH+]([O-])O)c1SCc1ccc([NH+]([O-])O)cc1. The molecule has 11 nitrogen and oxygen atoms in total. The van der Waals surface area contributed by atoms with Crippen LogP contribution in [0.25, 0.3) is 0 Å². The van der Waals surface area contributed by atoms with Gasteiger partial charge in [-0.1, -0.05) is 12.1 Å². The minimum absolute atomic E-state index is 0.0719. The first kappa shape index (κ1) is 20.2. The van der Waals surface area contributed by atoms with Crippen LogP contribution in [-0.4, -0.2) is 26.7 Å². The van der Waals surface area contributed by atoms with Crippen LogP contribution in [0, 0.1) is 15.6 Å². The molecule has 0 aromatic heterocycles. The normalized spacial score (nSPS) is 14.7. The fourth-order valence-electron chi connectivity index (χ4n) is 2.12. The highest BCUT2D eigenvalue weighted by Crippen LogP contribution is 2.33. The van der Waals surface area contributed by atoms with Gasteiger partial charge in [0.25, 0.3) is 0 Å². The van der Waals surface area contributed by atoms with Crippen LogP contribution >= 0.6 is 11.8 Å². The van der Waals surface area contributed by atoms with Crippen molar-refractivity contribution in [3.63, 3.8) is 0 Å². The highest BCUT2D eigenvalue weighted by Gasteiger charge is 2.23. The third kappa shape index (κ3) is 4.75. The summed E-state index contributed by atoms with van der Waals surface area (Å²) < 4.78 is 0. The minimum Gasteiger partial charge on any atom is -0.595 e. The molecule has 0 bridgehead atoms. The van der Waals surface area contributed by atoms with Gasteiger partial charge in [0.05, 0.1) is 16.5 Å². The van der Waals surface area contributed by atoms with Crippen LogP contribution in [0.4, 0.5) is 17.1 Å². The number of aromatic carboxylic acids is 1. The molecule has 2 aromatic carbocycles. The third-order valence-corrected chi connectivity index (χ3v) is 4.59. The number of quaternary nitrogens is 3. The predicted octanol–water partition coefficient (Wildman–Crippen LogP) is -1.11. The lowest BCUT2D eigenvalue weighted by molar-refractivity contribution is -0.997. The molecule has 2 aromatic rings. The van der Waals surface area contributed by atoms with Gasteiger partial charge in [-0.15, -0.1) is 11.8 Å². The number of carbonyl (C=O) groups is 1. The molecule has 0 heterocycles. The van der Waals surface area contributed by atoms with Crippen molar-refractivity contribution in [2.75, 3.05) is 0 Å². The van der Waals surface area contributed by atoms with Gasteiger partial charge in [0, 0.05) is 24.0 Å². The zero-order valence-electron chi connectivity index (χ0n) is 13.0. The first-order valence-electron chi connectivity index (χ1n) is 7.03. The average molecular weight is 385 g/mol. The molecule has 0 saturated carbocycles. The summed E-state index contributed by atoms with van der Waals surface area (Å²) in [5.41, 5.74) is -0.545. The minimum atomic E-state index is -1.45. The van der Waals surface area contributed by atoms with Gasteiger partial charge < -0.3 is 20.7 Å². The van der Waals surface area contributed by atoms with Gasteiger partial charge in [-0.3, -0.25) is 0 Å². The fourth-order valence-corrected chi connectivity index (χ4v) is 3.23. The Morgan fingerprint density at radius 1 is 0.923 bits per heavy atom. The molecule has 3 unspecified atom stereocenters. The van der Waals surface area contributed by atoms with E-state index in [-0.39, 0.29) is 16.3 Å². The van der Waals surface area contributed by atoms with Crippen molar-refractivity contribution in [3.05, 3.63) is 63.1 Å². The van der Waals surface area contributed by atoms with Gasteiger partial charge in [0.2, 0.25) is 0 Å². The maximum atomic E-state index is 11.4. The molecule has 26 heavy (non-hydrogen) atoms. The van der Waals surface area contributed by atoms with Gasteiger partial charge in [-0.25, -0.2) is 20.4 Å². The summed E-state index contributed by atoms with van der Waals surface area (Å²) in [6, 6.07) is 7.63. The molecule has 0 aliphatic heterocycles. The van der Waals surface area contributed by atoms with Crippen LogP contribution in [0.2, 0.25) is 0 Å². The standard InChI is InChI=1S/C14H15N3O8S/c18-14(19)11-5-10(16(22)23)6-12(17(24)25)13(11)26-7-8-1-3-9(4-2-8)15(20)21/h1-6,15-17,20,22,24H,7H2,(H,18,19). The van der Waals surface area contributed by atoms with Crippen LogP contribution in [0.5, 0.6) is 0 Å². The lowest BCUT2D eigenvalue weighted by Gasteiger charge is -2.20. The summed E-state index contributed by atoms with van der Waals surface area (Å²) in [4.78, 5) is 11.4. The number of hydrogen-bond donors (Lipinski definition) is 7. The fraction of sp³-hybridized carbons (Fsp3) is 0.0714. The summed E-state index contributed by atoms with van der Waals surface area (Å²) in [6.07, 6.45) is 0. The van der Waals surface area contributed by atoms with Crippen molar-refractivity contribution < 1.29 is 41.2 Å². The monoisotopic (exact) mass is 385 g/mol. The first-order valence-corrected chi connectivity index (χ1v) is 8.02. The topological polar surface area (TPSA) is 180 Å². The molecule has 0 spiro atoms. The number of thioether (sulfide) groups is 1. The van der Waals surface area contributed by atoms with Crippen LogP contribution in [-0.2, 0) is 5.75 Å². The molecule has 140 valence electrons. The average Bonchev–Trinajstić information content (AvgIpc) is 2.59. The number of rotatable bonds is 7. The molecule has 0 fully saturated rings. The van der Waals surface area contributed by atoms with Gasteiger partial charge in [-0.05, 0) is 5.56 Å². The maximum Gasteiger partial charge on any atom is 0.337 e. The Morgan fingerprint density at radius 3 is 1.96 bits per heavy atom. The zero-order valence-corrected chi connectivity index (χ0v) is 13.8. The Kier molecular flexibility index (Phi) is 6.63. The molecule has 0 saturated heterocycles. The van der Waals surface area contributed by atoms with Crippen molar-refractivity contribution in [1.82, 2.24) is 0 Å². The van der Waals surface area contributed by atoms with E-state index in [0.717, 1.165) is 23.9 Å². The van der Waals surface area contributed by atoms with Crippen molar-refractivity contribution in [1.29, 1.82) is 0 Å². The van der Waals surface area contributed by atoms with E-state index in [2.05, 4.69) is 0 Å². The van der Waals surface area contributed by atoms with Gasteiger partial charge in [-0.2, -0.15) is 15.7 Å². The second-order valence-electron chi connectivity index (χ2n) is 5.11. The molecule has 12 heteroatoms. The van der Waals surface area contributed by atoms with Crippen molar-refractivity contribution in [3.8, 4) is 0 Å². The zero-order chi connectivity index (χ0) is 19.4. The van der Waals surface area contributed by atoms with Crippen LogP contribution in [0.15, 0.2) is 41.3 Å². The maximum absolute atomic E-state index is 11.4. The summed E-state index contributed by atoms with van der Waals surface area (Å²) in [7, 11) is 0. The van der Waals surface area contributed by atoms with Gasteiger partial charge >= 0.3 is 5.97 Å². The molecule has 3 atom stereocenters. The molecule has 0 aliphatic rings. The molecular weight excluding hydrogens is 370 g/mol. The molecular formula is C14H15N3O8S. The molecule has 7 N–H and O–H groups in total. The second kappa shape index (κ2) is 8.52. The molecule has 0 radical (unpaired) electrons. The van der Waals surface area contributed by atoms with Crippen molar-refractivity contribution in [2.24, 2.45) is 0 Å². The Balaban J connectivity index is 2.36. The van der Waals surface area contributed by atoms with Gasteiger partial charge in [0.15, 0.2) is 17.1 Å². The Labute approximate surface area is 150 Å². The first-order chi connectivity index (χ1) is 12.2. The second-order valence-corrected chi connectivity index (χ2v) is 6.09. The quantitative estimate of drug-likeness (QED) is 0.230. The molecule has 0 aliphatic carbocycles. The molecule has 2 rings (SSSR count). The highest BCUT2D eigenvalue weighted by atomic mass is 32.2. The van der Waals surface area contributed by atoms with E-state index in [4.69, 9.17) is 10.4 Å². The highest BCUT2D eigenvalue weighted by molar-refractivity contribution is 7.98. The summed E-state index contributed by atoms with van der Waals surface area (Å²) >= 11 is 0.916. The van der Waals surface area contributed by atoms with Crippen molar-refractivity contribution >= 4 is 34.8 Å². The number of nitrogens with one attached hydrogen (secondary N) is 3. The lowest BCUT2D eigenvalue weighted by Crippen LogP contribution is -3.01. The van der Waals surface area contributed by atoms with Crippen molar-refractivity contribution in [2.45, 2.75) is 10.6 Å². The van der Waals surface area contributed by atoms with Crippen LogP contribution < -0.4 is 15.7 Å². The van der Waals surface area contributed by atoms with E-state index in [1.165, 1.54) is 24.3 Å². The van der Waals surface area contributed by atoms with Crippen LogP contribution in [0.1, 0.15) is 15.9 Å². The number of carboxylic acid groups (broad SMARTS) is 1. The van der Waals surface area contributed by atoms with E-state index in [1.54, 1.807) is 0 Å². The summed E-state index contributed by atoms with van der Waals surface area (Å²) in [6.45, 7) is 0. The predicted molar refractivity (Wildman–Crippen MR) is 86.7 cm³/mol. The Hall–Kier alpha value is -2.10. The largest absolute Gasteiger partial charge is 0.595 e. The number of benzene rings is 2. The lowest BCUT2D eigenvalue weighted by atomic mass is 10.1. The Bertz CT molecular complexity index is 783. The Morgan fingerprint density at radius 2 is 1.50 bits per heavy atom. The molecule has 0 amide bonds. The van der Waals surface area contributed by atoms with Gasteiger partial charge in [0.1, 0.15) is 0 Å². The summed E-state index contributed by atoms with van der Waals surface area (Å²) in [5, 5.41) is 65.9. The third-order valence-electron chi connectivity index (χ3n) is 3.38. The van der Waals surface area contributed by atoms with E-state index in [0.29, 0.717) is 5.56 Å². The van der Waals surface area contributed by atoms with E-state index >= 15 is 0 Å². The van der Waals surface area contributed by atoms with E-state index in [1.807, 2.05) is 0 Å². The smallest absolute Gasteiger partial charge is 0.337 e. The number of carboxylic acids is 1. The number of hydrogen-bond acceptors (Lipinski definition) is 8. The summed E-state index contributed by atoms with van der Waals surface area (Å²) in [5.74, 6) is -1.27. The van der Waals surface area contributed by atoms with E-state index < -0.39 is 38.6 Å². The van der Waals surface area contributed by atoms with Crippen LogP contribution in [0.3, 0.4) is 0 Å². The van der Waals surface area contributed by atoms with E-state index in [9.17, 15) is 30.7 Å².